The standard InChI is InChI=1S/C15H16FNO3/c1-17-12(9-10-4-3-5-11(16)8-10)13-6-7-14(20-13)15(18)19-2/h3-8,12,17H,9H2,1-2H3. The van der Waals surface area contributed by atoms with E-state index in [1.807, 2.05) is 6.07 Å². The quantitative estimate of drug-likeness (QED) is 0.854. The van der Waals surface area contributed by atoms with Gasteiger partial charge in [0.1, 0.15) is 11.6 Å². The molecule has 4 nitrogen and oxygen atoms in total. The molecule has 20 heavy (non-hydrogen) atoms. The van der Waals surface area contributed by atoms with Crippen LogP contribution in [0.3, 0.4) is 0 Å². The average molecular weight is 277 g/mol. The first-order chi connectivity index (χ1) is 9.63. The van der Waals surface area contributed by atoms with Gasteiger partial charge in [-0.15, -0.1) is 0 Å². The van der Waals surface area contributed by atoms with E-state index >= 15 is 0 Å². The third-order valence-corrected chi connectivity index (χ3v) is 3.03. The summed E-state index contributed by atoms with van der Waals surface area (Å²) in [5.74, 6) is -0.0249. The van der Waals surface area contributed by atoms with Gasteiger partial charge in [-0.2, -0.15) is 0 Å². The lowest BCUT2D eigenvalue weighted by atomic mass is 10.0. The monoisotopic (exact) mass is 277 g/mol. The summed E-state index contributed by atoms with van der Waals surface area (Å²) in [5, 5.41) is 3.09. The molecule has 0 aliphatic rings. The van der Waals surface area contributed by atoms with Gasteiger partial charge in [0.15, 0.2) is 0 Å². The van der Waals surface area contributed by atoms with Gasteiger partial charge in [-0.3, -0.25) is 0 Å². The van der Waals surface area contributed by atoms with Gasteiger partial charge >= 0.3 is 5.97 Å². The molecule has 1 heterocycles. The summed E-state index contributed by atoms with van der Waals surface area (Å²) in [6.07, 6.45) is 0.558. The third kappa shape index (κ3) is 3.24. The molecule has 0 spiro atoms. The lowest BCUT2D eigenvalue weighted by Crippen LogP contribution is -2.18. The number of carbonyl (C=O) groups excluding carboxylic acids is 1. The maximum atomic E-state index is 13.2. The fraction of sp³-hybridized carbons (Fsp3) is 0.267. The molecule has 0 saturated heterocycles. The van der Waals surface area contributed by atoms with Crippen LogP contribution in [-0.2, 0) is 11.2 Å². The first-order valence-corrected chi connectivity index (χ1v) is 6.23. The summed E-state index contributed by atoms with van der Waals surface area (Å²) in [5.41, 5.74) is 0.848. The van der Waals surface area contributed by atoms with E-state index in [1.165, 1.54) is 19.2 Å². The number of methoxy groups -OCH3 is 1. The number of hydrogen-bond acceptors (Lipinski definition) is 4. The molecular weight excluding hydrogens is 261 g/mol. The normalized spacial score (nSPS) is 12.2. The minimum atomic E-state index is -0.517. The second kappa shape index (κ2) is 6.34. The summed E-state index contributed by atoms with van der Waals surface area (Å²) in [7, 11) is 3.08. The zero-order valence-electron chi connectivity index (χ0n) is 11.4. The molecule has 0 bridgehead atoms. The van der Waals surface area contributed by atoms with E-state index in [1.54, 1.807) is 25.2 Å². The topological polar surface area (TPSA) is 51.5 Å². The Morgan fingerprint density at radius 3 is 2.85 bits per heavy atom. The van der Waals surface area contributed by atoms with Crippen LogP contribution in [0.2, 0.25) is 0 Å². The Kier molecular flexibility index (Phi) is 4.53. The summed E-state index contributed by atoms with van der Waals surface area (Å²) >= 11 is 0. The second-order valence-corrected chi connectivity index (χ2v) is 4.37. The van der Waals surface area contributed by atoms with E-state index in [2.05, 4.69) is 10.1 Å². The van der Waals surface area contributed by atoms with Gasteiger partial charge in [-0.1, -0.05) is 12.1 Å². The summed E-state index contributed by atoms with van der Waals surface area (Å²) in [6, 6.07) is 9.53. The number of halogens is 1. The van der Waals surface area contributed by atoms with Crippen LogP contribution in [0.25, 0.3) is 0 Å². The number of hydrogen-bond donors (Lipinski definition) is 1. The van der Waals surface area contributed by atoms with Crippen LogP contribution in [0.1, 0.15) is 27.9 Å². The average Bonchev–Trinajstić information content (AvgIpc) is 2.93. The number of carbonyl (C=O) groups is 1. The van der Waals surface area contributed by atoms with Crippen LogP contribution in [0.5, 0.6) is 0 Å². The molecule has 1 unspecified atom stereocenters. The van der Waals surface area contributed by atoms with Gasteiger partial charge in [-0.25, -0.2) is 9.18 Å². The van der Waals surface area contributed by atoms with Gasteiger partial charge in [0, 0.05) is 0 Å². The van der Waals surface area contributed by atoms with Crippen molar-refractivity contribution in [2.45, 2.75) is 12.5 Å². The van der Waals surface area contributed by atoms with E-state index in [0.717, 1.165) is 5.56 Å². The van der Waals surface area contributed by atoms with Crippen molar-refractivity contribution in [3.63, 3.8) is 0 Å². The van der Waals surface area contributed by atoms with Gasteiger partial charge in [0.05, 0.1) is 13.2 Å². The Hall–Kier alpha value is -2.14. The number of likely N-dealkylation sites (N-methyl/N-ethyl adjacent to an activating group) is 1. The van der Waals surface area contributed by atoms with E-state index in [0.29, 0.717) is 12.2 Å². The zero-order chi connectivity index (χ0) is 14.5. The van der Waals surface area contributed by atoms with E-state index < -0.39 is 5.97 Å². The van der Waals surface area contributed by atoms with Gasteiger partial charge in [-0.05, 0) is 43.3 Å². The number of benzene rings is 1. The van der Waals surface area contributed by atoms with Crippen LogP contribution >= 0.6 is 0 Å². The molecule has 2 rings (SSSR count). The molecule has 0 aliphatic carbocycles. The van der Waals surface area contributed by atoms with Crippen LogP contribution < -0.4 is 5.32 Å². The Morgan fingerprint density at radius 1 is 1.40 bits per heavy atom. The Labute approximate surface area is 116 Å². The molecule has 0 aliphatic heterocycles. The highest BCUT2D eigenvalue weighted by molar-refractivity contribution is 5.86. The highest BCUT2D eigenvalue weighted by atomic mass is 19.1. The molecule has 2 aromatic rings. The predicted octanol–water partition coefficient (Wildman–Crippen LogP) is 2.71. The molecule has 1 N–H and O–H groups in total. The minimum absolute atomic E-state index is 0.143. The molecule has 1 aromatic carbocycles. The molecule has 0 saturated carbocycles. The largest absolute Gasteiger partial charge is 0.463 e. The van der Waals surface area contributed by atoms with Crippen LogP contribution in [0.4, 0.5) is 4.39 Å². The van der Waals surface area contributed by atoms with Crippen molar-refractivity contribution in [2.75, 3.05) is 14.2 Å². The maximum absolute atomic E-state index is 13.2. The highest BCUT2D eigenvalue weighted by Crippen LogP contribution is 2.21. The van der Waals surface area contributed by atoms with Gasteiger partial charge in [0.25, 0.3) is 0 Å². The molecule has 106 valence electrons. The molecular formula is C15H16FNO3. The molecule has 0 radical (unpaired) electrons. The number of rotatable bonds is 5. The smallest absolute Gasteiger partial charge is 0.373 e. The number of esters is 1. The van der Waals surface area contributed by atoms with Gasteiger partial charge < -0.3 is 14.5 Å². The first-order valence-electron chi connectivity index (χ1n) is 6.23. The van der Waals surface area contributed by atoms with Crippen molar-refractivity contribution < 1.29 is 18.3 Å². The molecule has 1 atom stereocenters. The van der Waals surface area contributed by atoms with Crippen LogP contribution in [-0.4, -0.2) is 20.1 Å². The predicted molar refractivity (Wildman–Crippen MR) is 72.0 cm³/mol. The van der Waals surface area contributed by atoms with Crippen molar-refractivity contribution in [1.82, 2.24) is 5.32 Å². The molecule has 1 aromatic heterocycles. The zero-order valence-corrected chi connectivity index (χ0v) is 11.4. The van der Waals surface area contributed by atoms with Gasteiger partial charge in [0.2, 0.25) is 5.76 Å². The lowest BCUT2D eigenvalue weighted by Gasteiger charge is -2.13. The number of furan rings is 1. The fourth-order valence-electron chi connectivity index (χ4n) is 1.99. The van der Waals surface area contributed by atoms with Crippen molar-refractivity contribution in [1.29, 1.82) is 0 Å². The molecule has 5 heteroatoms. The van der Waals surface area contributed by atoms with Crippen molar-refractivity contribution in [2.24, 2.45) is 0 Å². The van der Waals surface area contributed by atoms with E-state index in [9.17, 15) is 9.18 Å². The minimum Gasteiger partial charge on any atom is -0.463 e. The fourth-order valence-corrected chi connectivity index (χ4v) is 1.99. The highest BCUT2D eigenvalue weighted by Gasteiger charge is 2.18. The maximum Gasteiger partial charge on any atom is 0.373 e. The summed E-state index contributed by atoms with van der Waals surface area (Å²) < 4.78 is 23.2. The third-order valence-electron chi connectivity index (χ3n) is 3.03. The Balaban J connectivity index is 2.16. The van der Waals surface area contributed by atoms with Crippen molar-refractivity contribution >= 4 is 5.97 Å². The van der Waals surface area contributed by atoms with E-state index in [-0.39, 0.29) is 17.6 Å². The van der Waals surface area contributed by atoms with Crippen molar-refractivity contribution in [3.05, 3.63) is 59.3 Å². The van der Waals surface area contributed by atoms with Crippen LogP contribution in [0, 0.1) is 5.82 Å². The van der Waals surface area contributed by atoms with Crippen LogP contribution in [0.15, 0.2) is 40.8 Å². The number of ether oxygens (including phenoxy) is 1. The SMILES string of the molecule is CNC(Cc1cccc(F)c1)c1ccc(C(=O)OC)o1. The molecule has 0 amide bonds. The lowest BCUT2D eigenvalue weighted by molar-refractivity contribution is 0.0562. The first kappa shape index (κ1) is 14.3. The summed E-state index contributed by atoms with van der Waals surface area (Å²) in [6.45, 7) is 0. The Morgan fingerprint density at radius 2 is 2.20 bits per heavy atom. The second-order valence-electron chi connectivity index (χ2n) is 4.37. The summed E-state index contributed by atoms with van der Waals surface area (Å²) in [4.78, 5) is 11.4. The Bertz CT molecular complexity index is 594. The number of nitrogens with one attached hydrogen (secondary N) is 1. The van der Waals surface area contributed by atoms with E-state index in [4.69, 9.17) is 4.42 Å². The van der Waals surface area contributed by atoms with Crippen molar-refractivity contribution in [3.8, 4) is 0 Å². The molecule has 0 fully saturated rings.